The van der Waals surface area contributed by atoms with Crippen LogP contribution in [0.4, 0.5) is 13.2 Å². The van der Waals surface area contributed by atoms with Gasteiger partial charge in [0.15, 0.2) is 0 Å². The van der Waals surface area contributed by atoms with E-state index in [9.17, 15) is 18.0 Å². The first-order chi connectivity index (χ1) is 6.85. The average molecular weight is 226 g/mol. The van der Waals surface area contributed by atoms with Gasteiger partial charge in [0.1, 0.15) is 0 Å². The van der Waals surface area contributed by atoms with Crippen molar-refractivity contribution < 1.29 is 18.0 Å². The minimum Gasteiger partial charge on any atom is -0.353 e. The van der Waals surface area contributed by atoms with E-state index in [0.717, 1.165) is 6.42 Å². The summed E-state index contributed by atoms with van der Waals surface area (Å²) in [6.45, 7) is 3.47. The minimum absolute atomic E-state index is 0.0573. The number of nitrogens with one attached hydrogen (secondary N) is 2. The van der Waals surface area contributed by atoms with Crippen LogP contribution in [-0.2, 0) is 4.79 Å². The second-order valence-electron chi connectivity index (χ2n) is 3.42. The van der Waals surface area contributed by atoms with Crippen LogP contribution in [0.25, 0.3) is 0 Å². The van der Waals surface area contributed by atoms with Crippen molar-refractivity contribution in [1.29, 1.82) is 0 Å². The Morgan fingerprint density at radius 1 is 1.40 bits per heavy atom. The molecule has 0 aromatic heterocycles. The van der Waals surface area contributed by atoms with Gasteiger partial charge in [-0.2, -0.15) is 13.2 Å². The molecular weight excluding hydrogens is 209 g/mol. The highest BCUT2D eigenvalue weighted by Crippen LogP contribution is 2.17. The van der Waals surface area contributed by atoms with Crippen LogP contribution < -0.4 is 10.6 Å². The first-order valence-corrected chi connectivity index (χ1v) is 4.92. The summed E-state index contributed by atoms with van der Waals surface area (Å²) < 4.78 is 35.1. The monoisotopic (exact) mass is 226 g/mol. The van der Waals surface area contributed by atoms with Crippen molar-refractivity contribution in [1.82, 2.24) is 10.6 Å². The molecule has 0 heterocycles. The smallest absolute Gasteiger partial charge is 0.353 e. The molecular formula is C9H17F3N2O. The highest BCUT2D eigenvalue weighted by atomic mass is 19.4. The lowest BCUT2D eigenvalue weighted by Gasteiger charge is -2.12. The van der Waals surface area contributed by atoms with Crippen molar-refractivity contribution in [2.24, 2.45) is 0 Å². The molecule has 90 valence electrons. The van der Waals surface area contributed by atoms with Gasteiger partial charge >= 0.3 is 6.18 Å². The summed E-state index contributed by atoms with van der Waals surface area (Å²) in [7, 11) is 0. The number of carbonyl (C=O) groups is 1. The molecule has 0 spiro atoms. The van der Waals surface area contributed by atoms with Crippen LogP contribution in [0.1, 0.15) is 26.7 Å². The molecule has 0 rings (SSSR count). The third-order valence-corrected chi connectivity index (χ3v) is 1.89. The van der Waals surface area contributed by atoms with Gasteiger partial charge in [0.2, 0.25) is 5.91 Å². The highest BCUT2D eigenvalue weighted by molar-refractivity contribution is 5.78. The second kappa shape index (κ2) is 6.66. The van der Waals surface area contributed by atoms with Gasteiger partial charge in [-0.25, -0.2) is 0 Å². The van der Waals surface area contributed by atoms with Crippen molar-refractivity contribution in [3.05, 3.63) is 0 Å². The Morgan fingerprint density at radius 2 is 2.00 bits per heavy atom. The largest absolute Gasteiger partial charge is 0.390 e. The minimum atomic E-state index is -4.17. The summed E-state index contributed by atoms with van der Waals surface area (Å²) in [6.07, 6.45) is -4.28. The summed E-state index contributed by atoms with van der Waals surface area (Å²) in [4.78, 5) is 11.1. The van der Waals surface area contributed by atoms with Crippen LogP contribution in [0.5, 0.6) is 0 Å². The zero-order valence-corrected chi connectivity index (χ0v) is 8.95. The maximum Gasteiger partial charge on any atom is 0.390 e. The maximum absolute atomic E-state index is 11.7. The van der Waals surface area contributed by atoms with Gasteiger partial charge in [0.25, 0.3) is 0 Å². The molecule has 0 fully saturated rings. The van der Waals surface area contributed by atoms with Crippen LogP contribution >= 0.6 is 0 Å². The predicted octanol–water partition coefficient (Wildman–Crippen LogP) is 1.44. The van der Waals surface area contributed by atoms with Gasteiger partial charge in [-0.3, -0.25) is 4.79 Å². The fraction of sp³-hybridized carbons (Fsp3) is 0.889. The Morgan fingerprint density at radius 3 is 2.47 bits per heavy atom. The zero-order valence-electron chi connectivity index (χ0n) is 8.95. The van der Waals surface area contributed by atoms with Crippen LogP contribution in [0.3, 0.4) is 0 Å². The third-order valence-electron chi connectivity index (χ3n) is 1.89. The number of hydrogen-bond acceptors (Lipinski definition) is 2. The van der Waals surface area contributed by atoms with E-state index in [1.807, 2.05) is 13.8 Å². The van der Waals surface area contributed by atoms with Crippen molar-refractivity contribution in [3.8, 4) is 0 Å². The Labute approximate surface area is 87.4 Å². The van der Waals surface area contributed by atoms with Crippen molar-refractivity contribution >= 4 is 5.91 Å². The van der Waals surface area contributed by atoms with Crippen molar-refractivity contribution in [2.45, 2.75) is 38.9 Å². The van der Waals surface area contributed by atoms with Gasteiger partial charge in [0.05, 0.1) is 13.0 Å². The normalized spacial score (nSPS) is 13.7. The summed E-state index contributed by atoms with van der Waals surface area (Å²) >= 11 is 0. The summed E-state index contributed by atoms with van der Waals surface area (Å²) in [5, 5.41) is 5.08. The molecule has 0 saturated heterocycles. The lowest BCUT2D eigenvalue weighted by Crippen LogP contribution is -2.39. The predicted molar refractivity (Wildman–Crippen MR) is 51.4 cm³/mol. The maximum atomic E-state index is 11.7. The Hall–Kier alpha value is -0.780. The van der Waals surface area contributed by atoms with Crippen LogP contribution in [0, 0.1) is 0 Å². The van der Waals surface area contributed by atoms with E-state index in [0.29, 0.717) is 0 Å². The molecule has 2 N–H and O–H groups in total. The fourth-order valence-corrected chi connectivity index (χ4v) is 0.860. The summed E-state index contributed by atoms with van der Waals surface area (Å²) in [5.74, 6) is -0.272. The molecule has 0 saturated carbocycles. The molecule has 0 aromatic rings. The lowest BCUT2D eigenvalue weighted by atomic mass is 10.2. The van der Waals surface area contributed by atoms with E-state index in [1.165, 1.54) is 0 Å². The number of rotatable bonds is 6. The van der Waals surface area contributed by atoms with Gasteiger partial charge in [-0.1, -0.05) is 6.92 Å². The number of hydrogen-bond donors (Lipinski definition) is 2. The summed E-state index contributed by atoms with van der Waals surface area (Å²) in [5.41, 5.74) is 0. The van der Waals surface area contributed by atoms with Gasteiger partial charge < -0.3 is 10.6 Å². The number of alkyl halides is 3. The van der Waals surface area contributed by atoms with Gasteiger partial charge in [0, 0.05) is 12.6 Å². The topological polar surface area (TPSA) is 41.1 Å². The van der Waals surface area contributed by atoms with Crippen molar-refractivity contribution in [3.63, 3.8) is 0 Å². The fourth-order valence-electron chi connectivity index (χ4n) is 0.860. The van der Waals surface area contributed by atoms with Crippen LogP contribution in [0.15, 0.2) is 0 Å². The van der Waals surface area contributed by atoms with Gasteiger partial charge in [-0.05, 0) is 13.3 Å². The first-order valence-electron chi connectivity index (χ1n) is 4.92. The number of carbonyl (C=O) groups excluding carboxylic acids is 1. The molecule has 15 heavy (non-hydrogen) atoms. The molecule has 0 aliphatic rings. The SMILES string of the molecule is CCC(C)NC(=O)CNCCC(F)(F)F. The van der Waals surface area contributed by atoms with E-state index >= 15 is 0 Å². The molecule has 0 aliphatic carbocycles. The van der Waals surface area contributed by atoms with Gasteiger partial charge in [-0.15, -0.1) is 0 Å². The third kappa shape index (κ3) is 9.52. The van der Waals surface area contributed by atoms with E-state index < -0.39 is 12.6 Å². The number of amides is 1. The highest BCUT2D eigenvalue weighted by Gasteiger charge is 2.25. The first kappa shape index (κ1) is 14.2. The van der Waals surface area contributed by atoms with Crippen molar-refractivity contribution in [2.75, 3.05) is 13.1 Å². The molecule has 0 aliphatic heterocycles. The molecule has 3 nitrogen and oxygen atoms in total. The van der Waals surface area contributed by atoms with E-state index in [2.05, 4.69) is 10.6 Å². The second-order valence-corrected chi connectivity index (χ2v) is 3.42. The Bertz CT molecular complexity index is 194. The zero-order chi connectivity index (χ0) is 11.9. The molecule has 6 heteroatoms. The molecule has 1 unspecified atom stereocenters. The van der Waals surface area contributed by atoms with E-state index in [1.54, 1.807) is 0 Å². The van der Waals surface area contributed by atoms with Crippen LogP contribution in [0.2, 0.25) is 0 Å². The number of halogens is 3. The molecule has 0 aromatic carbocycles. The Balaban J connectivity index is 3.48. The summed E-state index contributed by atoms with van der Waals surface area (Å²) in [6, 6.07) is 0.0573. The van der Waals surface area contributed by atoms with Crippen LogP contribution in [-0.4, -0.2) is 31.2 Å². The lowest BCUT2D eigenvalue weighted by molar-refractivity contribution is -0.134. The average Bonchev–Trinajstić information content (AvgIpc) is 2.11. The quantitative estimate of drug-likeness (QED) is 0.673. The molecule has 1 atom stereocenters. The molecule has 0 radical (unpaired) electrons. The van der Waals surface area contributed by atoms with E-state index in [4.69, 9.17) is 0 Å². The molecule has 1 amide bonds. The molecule has 0 bridgehead atoms. The Kier molecular flexibility index (Phi) is 6.31. The van der Waals surface area contributed by atoms with E-state index in [-0.39, 0.29) is 25.0 Å². The standard InChI is InChI=1S/C9H17F3N2O/c1-3-7(2)14-8(15)6-13-5-4-9(10,11)12/h7,13H,3-6H2,1-2H3,(H,14,15).